The van der Waals surface area contributed by atoms with Gasteiger partial charge in [0.05, 0.1) is 30.6 Å². The Balaban J connectivity index is 1.34. The fourth-order valence-corrected chi connectivity index (χ4v) is 5.80. The zero-order chi connectivity index (χ0) is 30.6. The van der Waals surface area contributed by atoms with Crippen molar-refractivity contribution in [3.05, 3.63) is 95.9 Å². The van der Waals surface area contributed by atoms with Crippen molar-refractivity contribution in [3.8, 4) is 28.4 Å². The maximum Gasteiger partial charge on any atom is 0.274 e. The Labute approximate surface area is 253 Å². The predicted molar refractivity (Wildman–Crippen MR) is 160 cm³/mol. The van der Waals surface area contributed by atoms with Gasteiger partial charge >= 0.3 is 0 Å². The van der Waals surface area contributed by atoms with Crippen molar-refractivity contribution in [1.29, 1.82) is 0 Å². The molecule has 2 bridgehead atoms. The molecule has 1 saturated heterocycles. The lowest BCUT2D eigenvalue weighted by Gasteiger charge is -2.30. The molecule has 0 spiro atoms. The van der Waals surface area contributed by atoms with E-state index in [1.165, 1.54) is 12.1 Å². The van der Waals surface area contributed by atoms with Crippen molar-refractivity contribution >= 4 is 17.7 Å². The Kier molecular flexibility index (Phi) is 8.27. The van der Waals surface area contributed by atoms with Gasteiger partial charge in [0, 0.05) is 30.6 Å². The van der Waals surface area contributed by atoms with Gasteiger partial charge in [-0.25, -0.2) is 9.07 Å². The summed E-state index contributed by atoms with van der Waals surface area (Å²) in [6, 6.07) is 21.7. The second-order valence-corrected chi connectivity index (χ2v) is 10.7. The van der Waals surface area contributed by atoms with Gasteiger partial charge in [0.1, 0.15) is 23.9 Å². The lowest BCUT2D eigenvalue weighted by molar-refractivity contribution is -0.122. The van der Waals surface area contributed by atoms with E-state index in [4.69, 9.17) is 14.6 Å². The zero-order valence-corrected chi connectivity index (χ0v) is 24.2. The number of nitrogens with zero attached hydrogens (tertiary/aromatic N) is 3. The summed E-state index contributed by atoms with van der Waals surface area (Å²) in [7, 11) is 1.59. The first-order valence-electron chi connectivity index (χ1n) is 14.5. The molecule has 6 rings (SSSR count). The van der Waals surface area contributed by atoms with E-state index in [0.717, 1.165) is 23.0 Å². The SMILES string of the molecule is COc1ccc(-n2nc(C(=O)N3[C@@H]4CC[C@H]3CC(=O)NCCOc3ccc(F)cc3C(=O)NC4)cc2-c2ccccc2)cc1. The van der Waals surface area contributed by atoms with Crippen molar-refractivity contribution in [3.63, 3.8) is 0 Å². The molecule has 2 aliphatic heterocycles. The number of fused-ring (bicyclic) bond motifs is 3. The molecule has 2 atom stereocenters. The quantitative estimate of drug-likeness (QED) is 0.368. The van der Waals surface area contributed by atoms with Crippen LogP contribution in [-0.2, 0) is 4.79 Å². The van der Waals surface area contributed by atoms with E-state index < -0.39 is 23.8 Å². The van der Waals surface area contributed by atoms with Crippen LogP contribution in [0.4, 0.5) is 4.39 Å². The van der Waals surface area contributed by atoms with Crippen LogP contribution in [0.1, 0.15) is 40.1 Å². The van der Waals surface area contributed by atoms with Crippen LogP contribution in [0.5, 0.6) is 11.5 Å². The van der Waals surface area contributed by atoms with Crippen LogP contribution in [0.3, 0.4) is 0 Å². The lowest BCUT2D eigenvalue weighted by Crippen LogP contribution is -2.48. The molecular formula is C33H32FN5O5. The number of carbonyl (C=O) groups excluding carboxylic acids is 3. The summed E-state index contributed by atoms with van der Waals surface area (Å²) in [5, 5.41) is 10.4. The van der Waals surface area contributed by atoms with Gasteiger partial charge in [-0.15, -0.1) is 0 Å². The number of ether oxygens (including phenoxy) is 2. The lowest BCUT2D eigenvalue weighted by atomic mass is 10.1. The molecule has 10 nitrogen and oxygen atoms in total. The first-order chi connectivity index (χ1) is 21.4. The van der Waals surface area contributed by atoms with Gasteiger partial charge in [-0.05, 0) is 61.4 Å². The van der Waals surface area contributed by atoms with Gasteiger partial charge < -0.3 is 25.0 Å². The summed E-state index contributed by atoms with van der Waals surface area (Å²) in [4.78, 5) is 42.0. The monoisotopic (exact) mass is 597 g/mol. The van der Waals surface area contributed by atoms with Crippen LogP contribution in [-0.4, -0.2) is 71.3 Å². The highest BCUT2D eigenvalue weighted by molar-refractivity contribution is 5.97. The molecule has 1 fully saturated rings. The Morgan fingerprint density at radius 2 is 1.75 bits per heavy atom. The van der Waals surface area contributed by atoms with Crippen LogP contribution in [0, 0.1) is 5.82 Å². The number of hydrogen-bond donors (Lipinski definition) is 2. The maximum atomic E-state index is 14.3. The second-order valence-electron chi connectivity index (χ2n) is 10.7. The van der Waals surface area contributed by atoms with Gasteiger partial charge in [-0.1, -0.05) is 30.3 Å². The highest BCUT2D eigenvalue weighted by Crippen LogP contribution is 2.31. The number of nitrogens with one attached hydrogen (secondary N) is 2. The summed E-state index contributed by atoms with van der Waals surface area (Å²) in [6.07, 6.45) is 1.25. The molecule has 2 aliphatic rings. The van der Waals surface area contributed by atoms with Crippen molar-refractivity contribution in [2.45, 2.75) is 31.3 Å². The van der Waals surface area contributed by atoms with Gasteiger partial charge in [0.25, 0.3) is 11.8 Å². The van der Waals surface area contributed by atoms with Gasteiger partial charge in [-0.3, -0.25) is 14.4 Å². The van der Waals surface area contributed by atoms with Crippen molar-refractivity contribution < 1.29 is 28.2 Å². The van der Waals surface area contributed by atoms with E-state index >= 15 is 0 Å². The average Bonchev–Trinajstić information content (AvgIpc) is 3.67. The van der Waals surface area contributed by atoms with E-state index in [1.54, 1.807) is 22.8 Å². The van der Waals surface area contributed by atoms with E-state index in [9.17, 15) is 18.8 Å². The van der Waals surface area contributed by atoms with E-state index in [1.807, 2.05) is 54.6 Å². The van der Waals surface area contributed by atoms with Crippen LogP contribution < -0.4 is 20.1 Å². The number of amides is 3. The highest BCUT2D eigenvalue weighted by atomic mass is 19.1. The minimum absolute atomic E-state index is 0.0477. The van der Waals surface area contributed by atoms with E-state index in [0.29, 0.717) is 18.6 Å². The molecule has 3 amide bonds. The normalized spacial score (nSPS) is 18.8. The first kappa shape index (κ1) is 28.9. The van der Waals surface area contributed by atoms with Gasteiger partial charge in [0.2, 0.25) is 5.91 Å². The van der Waals surface area contributed by atoms with Crippen LogP contribution >= 0.6 is 0 Å². The third-order valence-corrected chi connectivity index (χ3v) is 7.96. The number of rotatable bonds is 4. The topological polar surface area (TPSA) is 115 Å². The molecule has 0 aliphatic carbocycles. The summed E-state index contributed by atoms with van der Waals surface area (Å²) < 4.78 is 26.8. The molecule has 226 valence electrons. The molecule has 44 heavy (non-hydrogen) atoms. The molecule has 4 aromatic rings. The number of carbonyl (C=O) groups is 3. The molecule has 0 unspecified atom stereocenters. The second kappa shape index (κ2) is 12.6. The zero-order valence-electron chi connectivity index (χ0n) is 24.2. The fraction of sp³-hybridized carbons (Fsp3) is 0.273. The molecule has 2 N–H and O–H groups in total. The smallest absolute Gasteiger partial charge is 0.274 e. The number of methoxy groups -OCH3 is 1. The Morgan fingerprint density at radius 3 is 2.52 bits per heavy atom. The van der Waals surface area contributed by atoms with Crippen LogP contribution in [0.25, 0.3) is 16.9 Å². The molecule has 11 heteroatoms. The number of benzene rings is 3. The Hall–Kier alpha value is -5.19. The van der Waals surface area contributed by atoms with E-state index in [-0.39, 0.29) is 54.9 Å². The largest absolute Gasteiger partial charge is 0.497 e. The molecular weight excluding hydrogens is 565 g/mol. The minimum Gasteiger partial charge on any atom is -0.497 e. The Bertz CT molecular complexity index is 1670. The summed E-state index contributed by atoms with van der Waals surface area (Å²) in [6.45, 7) is 0.399. The first-order valence-corrected chi connectivity index (χ1v) is 14.5. The standard InChI is InChI=1S/C33H32FN5O5/c1-43-26-12-10-23(11-13-26)39-29(21-5-3-2-4-6-21)19-28(37-39)33(42)38-24-8-9-25(38)20-36-32(41)27-17-22(34)7-14-30(27)44-16-15-35-31(40)18-24/h2-7,10-14,17,19,24-25H,8-9,15-16,18,20H2,1H3,(H,35,40)(H,36,41)/t24-,25+/m0/s1. The number of hydrogen-bond acceptors (Lipinski definition) is 6. The van der Waals surface area contributed by atoms with E-state index in [2.05, 4.69) is 10.6 Å². The van der Waals surface area contributed by atoms with Crippen LogP contribution in [0.15, 0.2) is 78.9 Å². The third kappa shape index (κ3) is 5.98. The molecule has 3 heterocycles. The minimum atomic E-state index is -0.573. The molecule has 0 saturated carbocycles. The molecule has 0 radical (unpaired) electrons. The third-order valence-electron chi connectivity index (χ3n) is 7.96. The summed E-state index contributed by atoms with van der Waals surface area (Å²) >= 11 is 0. The summed E-state index contributed by atoms with van der Waals surface area (Å²) in [5.74, 6) is -0.733. The van der Waals surface area contributed by atoms with Crippen molar-refractivity contribution in [1.82, 2.24) is 25.3 Å². The van der Waals surface area contributed by atoms with Gasteiger partial charge in [0.15, 0.2) is 5.69 Å². The van der Waals surface area contributed by atoms with Crippen molar-refractivity contribution in [2.24, 2.45) is 0 Å². The van der Waals surface area contributed by atoms with Crippen molar-refractivity contribution in [2.75, 3.05) is 26.8 Å². The predicted octanol–water partition coefficient (Wildman–Crippen LogP) is 3.99. The Morgan fingerprint density at radius 1 is 0.977 bits per heavy atom. The van der Waals surface area contributed by atoms with Crippen LogP contribution in [0.2, 0.25) is 0 Å². The average molecular weight is 598 g/mol. The van der Waals surface area contributed by atoms with Gasteiger partial charge in [-0.2, -0.15) is 5.10 Å². The molecule has 1 aromatic heterocycles. The number of aromatic nitrogens is 2. The number of halogens is 1. The fourth-order valence-electron chi connectivity index (χ4n) is 5.80. The summed E-state index contributed by atoms with van der Waals surface area (Å²) in [5.41, 5.74) is 2.60. The maximum absolute atomic E-state index is 14.3. The molecule has 3 aromatic carbocycles. The highest BCUT2D eigenvalue weighted by Gasteiger charge is 2.39.